The largest absolute Gasteiger partial charge is 0.351 e. The van der Waals surface area contributed by atoms with Crippen molar-refractivity contribution in [3.8, 4) is 11.4 Å². The molecule has 3 aromatic rings. The predicted molar refractivity (Wildman–Crippen MR) is 124 cm³/mol. The summed E-state index contributed by atoms with van der Waals surface area (Å²) < 4.78 is 5.77. The second-order valence-corrected chi connectivity index (χ2v) is 8.15. The Morgan fingerprint density at radius 2 is 1.87 bits per heavy atom. The highest BCUT2D eigenvalue weighted by atomic mass is 32.1. The fourth-order valence-electron chi connectivity index (χ4n) is 3.87. The van der Waals surface area contributed by atoms with Crippen LogP contribution < -0.4 is 5.32 Å². The first-order valence-electron chi connectivity index (χ1n) is 10.2. The van der Waals surface area contributed by atoms with Crippen LogP contribution in [0.2, 0.25) is 0 Å². The molecule has 0 radical (unpaired) electrons. The number of allylic oxidation sites excluding steroid dienone is 1. The maximum Gasteiger partial charge on any atom is 0.258 e. The van der Waals surface area contributed by atoms with E-state index >= 15 is 0 Å². The lowest BCUT2D eigenvalue weighted by atomic mass is 9.92. The lowest BCUT2D eigenvalue weighted by Crippen LogP contribution is -2.45. The van der Waals surface area contributed by atoms with Crippen LogP contribution in [0.25, 0.3) is 17.0 Å². The van der Waals surface area contributed by atoms with E-state index in [1.807, 2.05) is 12.1 Å². The summed E-state index contributed by atoms with van der Waals surface area (Å²) in [6.07, 6.45) is 0. The van der Waals surface area contributed by atoms with Crippen LogP contribution in [0.3, 0.4) is 0 Å². The van der Waals surface area contributed by atoms with Gasteiger partial charge in [0, 0.05) is 17.8 Å². The Bertz CT molecular complexity index is 1150. The Labute approximate surface area is 182 Å². The number of nitrogens with one attached hydrogen (secondary N) is 1. The molecule has 30 heavy (non-hydrogen) atoms. The molecule has 1 N–H and O–H groups in total. The highest BCUT2D eigenvalue weighted by molar-refractivity contribution is 7.80. The first-order valence-corrected chi connectivity index (χ1v) is 10.6. The van der Waals surface area contributed by atoms with Crippen molar-refractivity contribution in [2.24, 2.45) is 0 Å². The minimum atomic E-state index is -0.148. The Morgan fingerprint density at radius 3 is 2.57 bits per heavy atom. The van der Waals surface area contributed by atoms with E-state index in [9.17, 15) is 0 Å². The number of hydrogen-bond donors (Lipinski definition) is 1. The highest BCUT2D eigenvalue weighted by Gasteiger charge is 2.33. The zero-order valence-corrected chi connectivity index (χ0v) is 18.8. The summed E-state index contributed by atoms with van der Waals surface area (Å²) in [5.74, 6) is 1.10. The number of hydrogen-bond acceptors (Lipinski definition) is 4. The molecule has 2 heterocycles. The van der Waals surface area contributed by atoms with Gasteiger partial charge in [-0.05, 0) is 69.6 Å². The molecule has 1 unspecified atom stereocenters. The van der Waals surface area contributed by atoms with E-state index in [-0.39, 0.29) is 6.04 Å². The van der Waals surface area contributed by atoms with Gasteiger partial charge in [-0.1, -0.05) is 47.1 Å². The van der Waals surface area contributed by atoms with Crippen molar-refractivity contribution < 1.29 is 4.52 Å². The Morgan fingerprint density at radius 1 is 1.07 bits per heavy atom. The molecule has 2 aromatic carbocycles. The molecule has 0 aliphatic carbocycles. The summed E-state index contributed by atoms with van der Waals surface area (Å²) in [6.45, 7) is 11.2. The molecule has 0 bridgehead atoms. The van der Waals surface area contributed by atoms with Crippen molar-refractivity contribution in [1.82, 2.24) is 20.4 Å². The van der Waals surface area contributed by atoms with Gasteiger partial charge in [-0.25, -0.2) is 0 Å². The SMILES string of the molecule is CCN1C(=S)NC(c2ccc(C)c(C)c2)C(c2nc(-c3cccc(C)c3)no2)=C1C. The predicted octanol–water partition coefficient (Wildman–Crippen LogP) is 5.34. The second kappa shape index (κ2) is 8.03. The first-order chi connectivity index (χ1) is 14.4. The van der Waals surface area contributed by atoms with E-state index < -0.39 is 0 Å². The van der Waals surface area contributed by atoms with Gasteiger partial charge in [0.05, 0.1) is 11.6 Å². The van der Waals surface area contributed by atoms with Crippen molar-refractivity contribution >= 4 is 22.9 Å². The molecule has 1 aliphatic rings. The second-order valence-electron chi connectivity index (χ2n) is 7.76. The molecule has 0 saturated heterocycles. The molecule has 5 nitrogen and oxygen atoms in total. The molecular weight excluding hydrogens is 392 g/mol. The molecule has 1 aliphatic heterocycles. The van der Waals surface area contributed by atoms with Crippen LogP contribution in [0.4, 0.5) is 0 Å². The van der Waals surface area contributed by atoms with Gasteiger partial charge in [0.1, 0.15) is 0 Å². The molecule has 1 aromatic heterocycles. The smallest absolute Gasteiger partial charge is 0.258 e. The Kier molecular flexibility index (Phi) is 5.43. The summed E-state index contributed by atoms with van der Waals surface area (Å²) in [5.41, 5.74) is 7.71. The van der Waals surface area contributed by atoms with Crippen molar-refractivity contribution in [2.75, 3.05) is 6.54 Å². The van der Waals surface area contributed by atoms with Crippen molar-refractivity contribution in [2.45, 2.75) is 40.7 Å². The van der Waals surface area contributed by atoms with E-state index in [0.29, 0.717) is 16.8 Å². The van der Waals surface area contributed by atoms with E-state index in [1.165, 1.54) is 11.1 Å². The molecule has 154 valence electrons. The van der Waals surface area contributed by atoms with Gasteiger partial charge in [0.25, 0.3) is 5.89 Å². The van der Waals surface area contributed by atoms with Gasteiger partial charge >= 0.3 is 0 Å². The van der Waals surface area contributed by atoms with E-state index in [0.717, 1.165) is 34.5 Å². The number of rotatable bonds is 4. The maximum absolute atomic E-state index is 5.77. The van der Waals surface area contributed by atoms with Crippen LogP contribution >= 0.6 is 12.2 Å². The van der Waals surface area contributed by atoms with Crippen LogP contribution in [0.1, 0.15) is 48.0 Å². The van der Waals surface area contributed by atoms with E-state index in [4.69, 9.17) is 21.7 Å². The topological polar surface area (TPSA) is 54.2 Å². The van der Waals surface area contributed by atoms with Crippen LogP contribution in [-0.4, -0.2) is 26.7 Å². The summed E-state index contributed by atoms with van der Waals surface area (Å²) in [5, 5.41) is 8.47. The normalized spacial score (nSPS) is 16.8. The van der Waals surface area contributed by atoms with Gasteiger partial charge in [0.15, 0.2) is 5.11 Å². The molecule has 0 saturated carbocycles. The van der Waals surface area contributed by atoms with E-state index in [2.05, 4.69) is 80.3 Å². The zero-order chi connectivity index (χ0) is 21.4. The molecular formula is C24H26N4OS. The molecule has 1 atom stereocenters. The van der Waals surface area contributed by atoms with Gasteiger partial charge in [-0.3, -0.25) is 0 Å². The highest BCUT2D eigenvalue weighted by Crippen LogP contribution is 2.37. The fourth-order valence-corrected chi connectivity index (χ4v) is 4.25. The minimum absolute atomic E-state index is 0.148. The third-order valence-corrected chi connectivity index (χ3v) is 6.05. The minimum Gasteiger partial charge on any atom is -0.351 e. The lowest BCUT2D eigenvalue weighted by Gasteiger charge is -2.36. The van der Waals surface area contributed by atoms with Gasteiger partial charge < -0.3 is 14.7 Å². The average Bonchev–Trinajstić information content (AvgIpc) is 3.19. The quantitative estimate of drug-likeness (QED) is 0.577. The third-order valence-electron chi connectivity index (χ3n) is 5.71. The molecule has 0 fully saturated rings. The molecule has 0 amide bonds. The van der Waals surface area contributed by atoms with Crippen molar-refractivity contribution in [3.05, 3.63) is 76.3 Å². The number of aromatic nitrogens is 2. The van der Waals surface area contributed by atoms with Gasteiger partial charge in [0.2, 0.25) is 5.82 Å². The summed E-state index contributed by atoms with van der Waals surface area (Å²) in [6, 6.07) is 14.4. The van der Waals surface area contributed by atoms with Gasteiger partial charge in [-0.15, -0.1) is 0 Å². The van der Waals surface area contributed by atoms with Crippen LogP contribution in [0, 0.1) is 20.8 Å². The number of thiocarbonyl (C=S) groups is 1. The van der Waals surface area contributed by atoms with Crippen LogP contribution in [0.15, 0.2) is 52.7 Å². The monoisotopic (exact) mass is 418 g/mol. The summed E-state index contributed by atoms with van der Waals surface area (Å²) in [7, 11) is 0. The average molecular weight is 419 g/mol. The third kappa shape index (κ3) is 3.63. The zero-order valence-electron chi connectivity index (χ0n) is 18.0. The maximum atomic E-state index is 5.77. The summed E-state index contributed by atoms with van der Waals surface area (Å²) >= 11 is 5.65. The fraction of sp³-hybridized carbons (Fsp3) is 0.292. The standard InChI is InChI=1S/C24H26N4OS/c1-6-28-17(5)20(21(25-24(28)30)18-11-10-15(3)16(4)13-18)23-26-22(27-29-23)19-9-7-8-14(2)12-19/h7-13,21H,6H2,1-5H3,(H,25,30). The lowest BCUT2D eigenvalue weighted by molar-refractivity contribution is 0.398. The first kappa shape index (κ1) is 20.3. The van der Waals surface area contributed by atoms with Gasteiger partial charge in [-0.2, -0.15) is 4.98 Å². The van der Waals surface area contributed by atoms with Crippen LogP contribution in [-0.2, 0) is 0 Å². The number of nitrogens with zero attached hydrogens (tertiary/aromatic N) is 3. The Hall–Kier alpha value is -2.99. The van der Waals surface area contributed by atoms with E-state index in [1.54, 1.807) is 0 Å². The molecule has 0 spiro atoms. The van der Waals surface area contributed by atoms with Crippen LogP contribution in [0.5, 0.6) is 0 Å². The number of benzene rings is 2. The molecule has 4 rings (SSSR count). The molecule has 6 heteroatoms. The number of aryl methyl sites for hydroxylation is 3. The van der Waals surface area contributed by atoms with Crippen molar-refractivity contribution in [3.63, 3.8) is 0 Å². The Balaban J connectivity index is 1.83. The van der Waals surface area contributed by atoms with Crippen molar-refractivity contribution in [1.29, 1.82) is 0 Å². The summed E-state index contributed by atoms with van der Waals surface area (Å²) in [4.78, 5) is 6.83.